The number of nitrogens with one attached hydrogen (secondary N) is 2. The van der Waals surface area contributed by atoms with Crippen molar-refractivity contribution in [3.63, 3.8) is 0 Å². The Morgan fingerprint density at radius 3 is 3.33 bits per heavy atom. The van der Waals surface area contributed by atoms with Crippen molar-refractivity contribution in [2.24, 2.45) is 4.99 Å². The highest BCUT2D eigenvalue weighted by molar-refractivity contribution is 5.63. The second kappa shape index (κ2) is 2.86. The monoisotopic (exact) mass is 125 g/mol. The van der Waals surface area contributed by atoms with Crippen LogP contribution in [-0.4, -0.2) is 19.2 Å². The molecule has 9 heavy (non-hydrogen) atoms. The van der Waals surface area contributed by atoms with Crippen LogP contribution in [0.4, 0.5) is 0 Å². The topological polar surface area (TPSA) is 53.5 Å². The van der Waals surface area contributed by atoms with Gasteiger partial charge in [-0.05, 0) is 0 Å². The van der Waals surface area contributed by atoms with Gasteiger partial charge in [0.2, 0.25) is 6.41 Å². The molecule has 1 amide bonds. The number of carbonyl (C=O) groups excluding carboxylic acids is 1. The molecular weight excluding hydrogens is 118 g/mol. The molecule has 0 unspecified atom stereocenters. The normalized spacial score (nSPS) is 15.8. The first kappa shape index (κ1) is 5.81. The van der Waals surface area contributed by atoms with Gasteiger partial charge in [-0.2, -0.15) is 0 Å². The molecule has 0 saturated carbocycles. The van der Waals surface area contributed by atoms with Crippen LogP contribution >= 0.6 is 0 Å². The second-order valence-electron chi connectivity index (χ2n) is 1.52. The lowest BCUT2D eigenvalue weighted by Gasteiger charge is -2.07. The maximum absolute atomic E-state index is 9.83. The van der Waals surface area contributed by atoms with Crippen molar-refractivity contribution in [3.05, 3.63) is 12.0 Å². The minimum Gasteiger partial charge on any atom is -0.365 e. The van der Waals surface area contributed by atoms with Crippen LogP contribution in [0.1, 0.15) is 0 Å². The Balaban J connectivity index is 2.47. The van der Waals surface area contributed by atoms with E-state index in [9.17, 15) is 4.79 Å². The lowest BCUT2D eigenvalue weighted by atomic mass is 10.5. The van der Waals surface area contributed by atoms with Gasteiger partial charge < -0.3 is 10.6 Å². The number of carbonyl (C=O) groups is 1. The predicted octanol–water partition coefficient (Wildman–Crippen LogP) is -0.795. The zero-order valence-electron chi connectivity index (χ0n) is 4.79. The summed E-state index contributed by atoms with van der Waals surface area (Å²) < 4.78 is 0. The summed E-state index contributed by atoms with van der Waals surface area (Å²) in [6.07, 6.45) is 3.88. The van der Waals surface area contributed by atoms with Crippen molar-refractivity contribution in [1.82, 2.24) is 10.6 Å². The van der Waals surface area contributed by atoms with Gasteiger partial charge in [0.1, 0.15) is 5.82 Å². The Labute approximate surface area is 52.7 Å². The van der Waals surface area contributed by atoms with Crippen molar-refractivity contribution < 1.29 is 4.79 Å². The van der Waals surface area contributed by atoms with E-state index in [1.807, 2.05) is 0 Å². The van der Waals surface area contributed by atoms with Crippen LogP contribution in [0.5, 0.6) is 0 Å². The molecule has 0 radical (unpaired) electrons. The summed E-state index contributed by atoms with van der Waals surface area (Å²) in [7, 11) is 0. The molecule has 4 nitrogen and oxygen atoms in total. The molecule has 0 aliphatic carbocycles. The average molecular weight is 125 g/mol. The standard InChI is InChI=1S/C5H7N3O/c9-4-8-5-3-6-1-2-7-5/h1,3-4,7H,2H2,(H,8,9). The maximum atomic E-state index is 9.83. The summed E-state index contributed by atoms with van der Waals surface area (Å²) in [6, 6.07) is 0. The number of hydrogen-bond donors (Lipinski definition) is 2. The molecule has 0 fully saturated rings. The molecule has 0 spiro atoms. The van der Waals surface area contributed by atoms with Gasteiger partial charge in [-0.1, -0.05) is 0 Å². The minimum absolute atomic E-state index is 0.611. The van der Waals surface area contributed by atoms with Gasteiger partial charge in [-0.25, -0.2) is 0 Å². The first-order chi connectivity index (χ1) is 4.43. The lowest BCUT2D eigenvalue weighted by molar-refractivity contribution is -0.109. The fraction of sp³-hybridized carbons (Fsp3) is 0.200. The summed E-state index contributed by atoms with van der Waals surface area (Å²) in [6.45, 7) is 0.673. The molecule has 0 aromatic carbocycles. The summed E-state index contributed by atoms with van der Waals surface area (Å²) >= 11 is 0. The first-order valence-corrected chi connectivity index (χ1v) is 2.59. The molecule has 48 valence electrons. The third-order valence-electron chi connectivity index (χ3n) is 0.907. The summed E-state index contributed by atoms with van der Waals surface area (Å²) in [5, 5.41) is 5.33. The minimum atomic E-state index is 0.611. The fourth-order valence-electron chi connectivity index (χ4n) is 0.533. The van der Waals surface area contributed by atoms with Crippen molar-refractivity contribution in [2.75, 3.05) is 6.54 Å². The van der Waals surface area contributed by atoms with E-state index < -0.39 is 0 Å². The number of hydrogen-bond acceptors (Lipinski definition) is 3. The number of amides is 1. The summed E-state index contributed by atoms with van der Waals surface area (Å²) in [4.78, 5) is 13.6. The van der Waals surface area contributed by atoms with Crippen LogP contribution in [0.15, 0.2) is 17.0 Å². The second-order valence-corrected chi connectivity index (χ2v) is 1.52. The highest BCUT2D eigenvalue weighted by Gasteiger charge is 1.93. The molecular formula is C5H7N3O. The van der Waals surface area contributed by atoms with E-state index in [-0.39, 0.29) is 0 Å². The van der Waals surface area contributed by atoms with E-state index in [0.717, 1.165) is 0 Å². The molecule has 1 rings (SSSR count). The zero-order valence-corrected chi connectivity index (χ0v) is 4.79. The van der Waals surface area contributed by atoms with Crippen LogP contribution in [0, 0.1) is 0 Å². The van der Waals surface area contributed by atoms with Gasteiger partial charge in [0.05, 0.1) is 12.7 Å². The molecule has 1 heterocycles. The molecule has 4 heteroatoms. The highest BCUT2D eigenvalue weighted by Crippen LogP contribution is 1.85. The van der Waals surface area contributed by atoms with Crippen LogP contribution in [-0.2, 0) is 4.79 Å². The third-order valence-corrected chi connectivity index (χ3v) is 0.907. The molecule has 0 atom stereocenters. The Morgan fingerprint density at radius 2 is 2.78 bits per heavy atom. The lowest BCUT2D eigenvalue weighted by Crippen LogP contribution is -2.28. The van der Waals surface area contributed by atoms with E-state index in [1.54, 1.807) is 12.4 Å². The molecule has 0 aromatic rings. The highest BCUT2D eigenvalue weighted by atomic mass is 16.1. The van der Waals surface area contributed by atoms with Crippen molar-refractivity contribution in [2.45, 2.75) is 0 Å². The van der Waals surface area contributed by atoms with Crippen LogP contribution in [0.25, 0.3) is 0 Å². The maximum Gasteiger partial charge on any atom is 0.212 e. The van der Waals surface area contributed by atoms with Gasteiger partial charge in [-0.3, -0.25) is 9.79 Å². The Hall–Kier alpha value is -1.32. The first-order valence-electron chi connectivity index (χ1n) is 2.59. The van der Waals surface area contributed by atoms with Gasteiger partial charge in [-0.15, -0.1) is 0 Å². The Kier molecular flexibility index (Phi) is 1.85. The van der Waals surface area contributed by atoms with Crippen LogP contribution in [0.3, 0.4) is 0 Å². The van der Waals surface area contributed by atoms with Crippen LogP contribution in [0.2, 0.25) is 0 Å². The molecule has 1 aliphatic rings. The summed E-state index contributed by atoms with van der Waals surface area (Å²) in [5.41, 5.74) is 0. The van der Waals surface area contributed by atoms with Gasteiger partial charge >= 0.3 is 0 Å². The van der Waals surface area contributed by atoms with E-state index in [1.165, 1.54) is 0 Å². The van der Waals surface area contributed by atoms with Crippen molar-refractivity contribution in [1.29, 1.82) is 0 Å². The van der Waals surface area contributed by atoms with E-state index in [4.69, 9.17) is 0 Å². The molecule has 0 bridgehead atoms. The number of nitrogens with zero attached hydrogens (tertiary/aromatic N) is 1. The summed E-state index contributed by atoms with van der Waals surface area (Å²) in [5.74, 6) is 0.646. The smallest absolute Gasteiger partial charge is 0.212 e. The van der Waals surface area contributed by atoms with Gasteiger partial charge in [0.15, 0.2) is 0 Å². The van der Waals surface area contributed by atoms with Gasteiger partial charge in [0, 0.05) is 6.21 Å². The SMILES string of the molecule is O=CNC1=CN=CCN1. The van der Waals surface area contributed by atoms with Crippen molar-refractivity contribution in [3.8, 4) is 0 Å². The van der Waals surface area contributed by atoms with E-state index >= 15 is 0 Å². The largest absolute Gasteiger partial charge is 0.365 e. The third kappa shape index (κ3) is 1.56. The zero-order chi connectivity index (χ0) is 6.53. The van der Waals surface area contributed by atoms with Crippen LogP contribution < -0.4 is 10.6 Å². The van der Waals surface area contributed by atoms with E-state index in [0.29, 0.717) is 18.8 Å². The Bertz CT molecular complexity index is 162. The number of aliphatic imine (C=N–C) groups is 1. The fourth-order valence-corrected chi connectivity index (χ4v) is 0.533. The molecule has 0 aromatic heterocycles. The molecule has 0 saturated heterocycles. The average Bonchev–Trinajstić information content (AvgIpc) is 1.91. The number of rotatable bonds is 2. The van der Waals surface area contributed by atoms with Gasteiger partial charge in [0.25, 0.3) is 0 Å². The molecule has 2 N–H and O–H groups in total. The quantitative estimate of drug-likeness (QED) is 0.475. The molecule has 1 aliphatic heterocycles. The van der Waals surface area contributed by atoms with E-state index in [2.05, 4.69) is 15.6 Å². The van der Waals surface area contributed by atoms with Crippen molar-refractivity contribution >= 4 is 12.6 Å². The Morgan fingerprint density at radius 1 is 1.89 bits per heavy atom. The predicted molar refractivity (Wildman–Crippen MR) is 33.8 cm³/mol.